The summed E-state index contributed by atoms with van der Waals surface area (Å²) in [5, 5.41) is 9.65. The largest absolute Gasteiger partial charge is 0.389 e. The molecule has 0 saturated heterocycles. The number of methoxy groups -OCH3 is 1. The molecule has 1 aromatic carbocycles. The molecule has 0 spiro atoms. The normalized spacial score (nSPS) is 12.2. The highest BCUT2D eigenvalue weighted by molar-refractivity contribution is 9.10. The lowest BCUT2D eigenvalue weighted by molar-refractivity contribution is 0.0695. The summed E-state index contributed by atoms with van der Waals surface area (Å²) in [4.78, 5) is 12.8. The molecular weight excluding hydrogens is 286 g/mol. The molecule has 17 heavy (non-hydrogen) atoms. The Morgan fingerprint density at radius 1 is 1.59 bits per heavy atom. The Morgan fingerprint density at radius 3 is 2.88 bits per heavy atom. The maximum Gasteiger partial charge on any atom is 0.152 e. The third-order valence-corrected chi connectivity index (χ3v) is 2.87. The first-order valence-electron chi connectivity index (χ1n) is 5.21. The molecule has 0 amide bonds. The number of carbonyl (C=O) groups excluding carboxylic acids is 1. The number of aldehydes is 1. The lowest BCUT2D eigenvalue weighted by atomic mass is 10.1. The Labute approximate surface area is 109 Å². The Kier molecular flexibility index (Phi) is 5.61. The van der Waals surface area contributed by atoms with Gasteiger partial charge in [0.05, 0.1) is 12.7 Å². The summed E-state index contributed by atoms with van der Waals surface area (Å²) in [6.07, 6.45) is 0.226. The zero-order chi connectivity index (χ0) is 12.8. The van der Waals surface area contributed by atoms with Crippen LogP contribution in [0.5, 0.6) is 0 Å². The van der Waals surface area contributed by atoms with Crippen molar-refractivity contribution in [2.75, 3.05) is 32.2 Å². The van der Waals surface area contributed by atoms with E-state index in [1.54, 1.807) is 13.2 Å². The van der Waals surface area contributed by atoms with Gasteiger partial charge in [-0.3, -0.25) is 4.79 Å². The van der Waals surface area contributed by atoms with Gasteiger partial charge in [-0.1, -0.05) is 15.9 Å². The van der Waals surface area contributed by atoms with Gasteiger partial charge in [-0.05, 0) is 18.2 Å². The highest BCUT2D eigenvalue weighted by Gasteiger charge is 2.12. The minimum Gasteiger partial charge on any atom is -0.389 e. The van der Waals surface area contributed by atoms with Crippen LogP contribution in [0, 0.1) is 0 Å². The number of rotatable bonds is 6. The predicted octanol–water partition coefficient (Wildman–Crippen LogP) is 1.71. The van der Waals surface area contributed by atoms with Crippen LogP contribution in [0.2, 0.25) is 0 Å². The molecule has 5 heteroatoms. The molecular formula is C12H16BrNO3. The van der Waals surface area contributed by atoms with Gasteiger partial charge in [-0.15, -0.1) is 0 Å². The number of likely N-dealkylation sites (N-methyl/N-ethyl adjacent to an activating group) is 1. The molecule has 1 N–H and O–H groups in total. The zero-order valence-corrected chi connectivity index (χ0v) is 11.5. The van der Waals surface area contributed by atoms with E-state index in [4.69, 9.17) is 4.74 Å². The van der Waals surface area contributed by atoms with Crippen molar-refractivity contribution >= 4 is 27.9 Å². The van der Waals surface area contributed by atoms with Gasteiger partial charge >= 0.3 is 0 Å². The SMILES string of the molecule is COCC(O)CN(C)c1cc(Br)ccc1C=O. The van der Waals surface area contributed by atoms with Crippen LogP contribution in [0.4, 0.5) is 5.69 Å². The van der Waals surface area contributed by atoms with E-state index in [0.717, 1.165) is 16.4 Å². The van der Waals surface area contributed by atoms with E-state index in [2.05, 4.69) is 15.9 Å². The summed E-state index contributed by atoms with van der Waals surface area (Å²) < 4.78 is 5.76. The summed E-state index contributed by atoms with van der Waals surface area (Å²) in [5.41, 5.74) is 1.38. The van der Waals surface area contributed by atoms with E-state index in [1.165, 1.54) is 0 Å². The minimum absolute atomic E-state index is 0.273. The fraction of sp³-hybridized carbons (Fsp3) is 0.417. The number of halogens is 1. The summed E-state index contributed by atoms with van der Waals surface area (Å²) in [6.45, 7) is 0.680. The van der Waals surface area contributed by atoms with Gasteiger partial charge in [0, 0.05) is 36.4 Å². The monoisotopic (exact) mass is 301 g/mol. The van der Waals surface area contributed by atoms with Crippen LogP contribution >= 0.6 is 15.9 Å². The Morgan fingerprint density at radius 2 is 2.29 bits per heavy atom. The van der Waals surface area contributed by atoms with Crippen molar-refractivity contribution in [3.05, 3.63) is 28.2 Å². The molecule has 0 radical (unpaired) electrons. The summed E-state index contributed by atoms with van der Waals surface area (Å²) in [5.74, 6) is 0. The van der Waals surface area contributed by atoms with Gasteiger partial charge in [0.25, 0.3) is 0 Å². The first kappa shape index (κ1) is 14.2. The second kappa shape index (κ2) is 6.74. The standard InChI is InChI=1S/C12H16BrNO3/c1-14(6-11(16)8-17-2)12-5-10(13)4-3-9(12)7-15/h3-5,7,11,16H,6,8H2,1-2H3. The van der Waals surface area contributed by atoms with Crippen molar-refractivity contribution < 1.29 is 14.6 Å². The molecule has 1 atom stereocenters. The number of anilines is 1. The zero-order valence-electron chi connectivity index (χ0n) is 9.89. The number of ether oxygens (including phenoxy) is 1. The molecule has 0 bridgehead atoms. The van der Waals surface area contributed by atoms with Crippen LogP contribution in [-0.4, -0.2) is 44.8 Å². The quantitative estimate of drug-likeness (QED) is 0.813. The molecule has 94 valence electrons. The average molecular weight is 302 g/mol. The van der Waals surface area contributed by atoms with Gasteiger partial charge in [0.1, 0.15) is 0 Å². The Hall–Kier alpha value is -0.910. The molecule has 0 aliphatic heterocycles. The van der Waals surface area contributed by atoms with E-state index in [0.29, 0.717) is 12.1 Å². The van der Waals surface area contributed by atoms with Crippen LogP contribution in [-0.2, 0) is 4.74 Å². The van der Waals surface area contributed by atoms with Crippen molar-refractivity contribution in [1.82, 2.24) is 0 Å². The molecule has 1 unspecified atom stereocenters. The van der Waals surface area contributed by atoms with Gasteiger partial charge < -0.3 is 14.7 Å². The van der Waals surface area contributed by atoms with Crippen molar-refractivity contribution in [2.24, 2.45) is 0 Å². The number of nitrogens with zero attached hydrogens (tertiary/aromatic N) is 1. The maximum absolute atomic E-state index is 10.9. The number of carbonyl (C=O) groups is 1. The van der Waals surface area contributed by atoms with E-state index < -0.39 is 6.10 Å². The molecule has 0 heterocycles. The van der Waals surface area contributed by atoms with Crippen LogP contribution in [0.25, 0.3) is 0 Å². The molecule has 0 fully saturated rings. The van der Waals surface area contributed by atoms with Gasteiger partial charge in [-0.2, -0.15) is 0 Å². The van der Waals surface area contributed by atoms with E-state index in [9.17, 15) is 9.90 Å². The van der Waals surface area contributed by atoms with Crippen molar-refractivity contribution in [1.29, 1.82) is 0 Å². The molecule has 1 aromatic rings. The molecule has 0 aliphatic carbocycles. The highest BCUT2D eigenvalue weighted by atomic mass is 79.9. The lowest BCUT2D eigenvalue weighted by Crippen LogP contribution is -2.32. The first-order valence-corrected chi connectivity index (χ1v) is 6.00. The minimum atomic E-state index is -0.580. The number of aliphatic hydroxyl groups excluding tert-OH is 1. The molecule has 1 rings (SSSR count). The van der Waals surface area contributed by atoms with Crippen molar-refractivity contribution in [2.45, 2.75) is 6.10 Å². The van der Waals surface area contributed by atoms with Gasteiger partial charge in [-0.25, -0.2) is 0 Å². The van der Waals surface area contributed by atoms with Crippen LogP contribution in [0.1, 0.15) is 10.4 Å². The molecule has 0 saturated carbocycles. The maximum atomic E-state index is 10.9. The third-order valence-electron chi connectivity index (χ3n) is 2.37. The number of hydrogen-bond acceptors (Lipinski definition) is 4. The van der Waals surface area contributed by atoms with Crippen LogP contribution < -0.4 is 4.90 Å². The number of aliphatic hydroxyl groups is 1. The average Bonchev–Trinajstić information content (AvgIpc) is 2.29. The Bertz CT molecular complexity index is 384. The predicted molar refractivity (Wildman–Crippen MR) is 70.7 cm³/mol. The molecule has 0 aromatic heterocycles. The number of hydrogen-bond donors (Lipinski definition) is 1. The second-order valence-electron chi connectivity index (χ2n) is 3.81. The van der Waals surface area contributed by atoms with Gasteiger partial charge in [0.2, 0.25) is 0 Å². The van der Waals surface area contributed by atoms with Gasteiger partial charge in [0.15, 0.2) is 6.29 Å². The van der Waals surface area contributed by atoms with E-state index in [1.807, 2.05) is 24.1 Å². The smallest absolute Gasteiger partial charge is 0.152 e. The summed E-state index contributed by atoms with van der Waals surface area (Å²) >= 11 is 3.36. The Balaban J connectivity index is 2.83. The fourth-order valence-corrected chi connectivity index (χ4v) is 1.96. The third kappa shape index (κ3) is 4.11. The van der Waals surface area contributed by atoms with Crippen LogP contribution in [0.15, 0.2) is 22.7 Å². The lowest BCUT2D eigenvalue weighted by Gasteiger charge is -2.23. The molecule has 0 aliphatic rings. The van der Waals surface area contributed by atoms with Crippen LogP contribution in [0.3, 0.4) is 0 Å². The second-order valence-corrected chi connectivity index (χ2v) is 4.73. The topological polar surface area (TPSA) is 49.8 Å². The summed E-state index contributed by atoms with van der Waals surface area (Å²) in [6, 6.07) is 5.40. The fourth-order valence-electron chi connectivity index (χ4n) is 1.61. The molecule has 4 nitrogen and oxygen atoms in total. The van der Waals surface area contributed by atoms with E-state index >= 15 is 0 Å². The number of benzene rings is 1. The first-order chi connectivity index (χ1) is 8.08. The van der Waals surface area contributed by atoms with E-state index in [-0.39, 0.29) is 6.61 Å². The highest BCUT2D eigenvalue weighted by Crippen LogP contribution is 2.23. The summed E-state index contributed by atoms with van der Waals surface area (Å²) in [7, 11) is 3.37. The van der Waals surface area contributed by atoms with Crippen molar-refractivity contribution in [3.63, 3.8) is 0 Å². The van der Waals surface area contributed by atoms with Crippen molar-refractivity contribution in [3.8, 4) is 0 Å².